The van der Waals surface area contributed by atoms with Crippen molar-refractivity contribution in [1.82, 2.24) is 29.8 Å². The number of ether oxygens (including phenoxy) is 1. The maximum Gasteiger partial charge on any atom is 0.270 e. The maximum atomic E-state index is 12.6. The number of nitrogens with one attached hydrogen (secondary N) is 2. The first-order valence-corrected chi connectivity index (χ1v) is 13.3. The first-order chi connectivity index (χ1) is 19.9. The Morgan fingerprint density at radius 1 is 1.05 bits per heavy atom. The Morgan fingerprint density at radius 2 is 1.80 bits per heavy atom. The topological polar surface area (TPSA) is 115 Å². The number of H-pyrrole nitrogens is 1. The maximum absolute atomic E-state index is 12.6. The molecule has 0 radical (unpaired) electrons. The van der Waals surface area contributed by atoms with Gasteiger partial charge in [0.2, 0.25) is 12.0 Å². The van der Waals surface area contributed by atoms with Crippen molar-refractivity contribution in [3.05, 3.63) is 89.0 Å². The van der Waals surface area contributed by atoms with Gasteiger partial charge in [0, 0.05) is 25.1 Å². The highest BCUT2D eigenvalue weighted by Crippen LogP contribution is 2.22. The molecule has 0 bridgehead atoms. The molecule has 5 aromatic rings. The number of halogens is 2. The summed E-state index contributed by atoms with van der Waals surface area (Å²) in [5.41, 5.74) is 5.58. The van der Waals surface area contributed by atoms with E-state index >= 15 is 0 Å². The zero-order valence-electron chi connectivity index (χ0n) is 22.7. The third kappa shape index (κ3) is 6.65. The number of fused-ring (bicyclic) bond motifs is 1. The number of rotatable bonds is 11. The summed E-state index contributed by atoms with van der Waals surface area (Å²) >= 11 is 0. The van der Waals surface area contributed by atoms with Crippen molar-refractivity contribution in [3.63, 3.8) is 0 Å². The molecule has 0 aliphatic heterocycles. The van der Waals surface area contributed by atoms with E-state index in [0.717, 1.165) is 34.3 Å². The van der Waals surface area contributed by atoms with Gasteiger partial charge in [-0.3, -0.25) is 10.1 Å². The second-order valence-electron chi connectivity index (χ2n) is 9.54. The highest BCUT2D eigenvalue weighted by Gasteiger charge is 2.13. The van der Waals surface area contributed by atoms with Gasteiger partial charge in [-0.1, -0.05) is 36.3 Å². The lowest BCUT2D eigenvalue weighted by molar-refractivity contribution is 0.102. The van der Waals surface area contributed by atoms with Crippen molar-refractivity contribution in [1.29, 1.82) is 0 Å². The van der Waals surface area contributed by atoms with E-state index in [4.69, 9.17) is 9.73 Å². The Labute approximate surface area is 234 Å². The van der Waals surface area contributed by atoms with Crippen LogP contribution in [0.15, 0.2) is 71.7 Å². The number of anilines is 1. The van der Waals surface area contributed by atoms with Gasteiger partial charge in [-0.05, 0) is 65.6 Å². The second-order valence-corrected chi connectivity index (χ2v) is 9.54. The van der Waals surface area contributed by atoms with Crippen LogP contribution < -0.4 is 15.7 Å². The number of carbonyl (C=O) groups is 1. The highest BCUT2D eigenvalue weighted by molar-refractivity contribution is 6.03. The summed E-state index contributed by atoms with van der Waals surface area (Å²) < 4.78 is 35.2. The first kappa shape index (κ1) is 27.7. The minimum absolute atomic E-state index is 0.0981. The molecule has 0 aliphatic rings. The minimum Gasteiger partial charge on any atom is -0.494 e. The van der Waals surface area contributed by atoms with Gasteiger partial charge in [0.1, 0.15) is 5.75 Å². The number of carbonyl (C=O) groups excluding carboxylic acids is 1. The van der Waals surface area contributed by atoms with E-state index < -0.39 is 6.43 Å². The van der Waals surface area contributed by atoms with Crippen LogP contribution in [0.3, 0.4) is 0 Å². The predicted molar refractivity (Wildman–Crippen MR) is 150 cm³/mol. The van der Waals surface area contributed by atoms with Crippen molar-refractivity contribution >= 4 is 28.6 Å². The summed E-state index contributed by atoms with van der Waals surface area (Å²) in [6.45, 7) is 3.17. The van der Waals surface area contributed by atoms with Crippen molar-refractivity contribution in [2.75, 3.05) is 11.9 Å². The molecule has 0 saturated heterocycles. The fourth-order valence-electron chi connectivity index (χ4n) is 4.46. The Bertz CT molecular complexity index is 1680. The number of imidazole rings is 1. The van der Waals surface area contributed by atoms with Crippen LogP contribution in [-0.2, 0) is 20.0 Å². The Balaban J connectivity index is 1.48. The Hall–Kier alpha value is -4.87. The van der Waals surface area contributed by atoms with Gasteiger partial charge < -0.3 is 13.9 Å². The smallest absolute Gasteiger partial charge is 0.270 e. The second kappa shape index (κ2) is 12.5. The van der Waals surface area contributed by atoms with Crippen LogP contribution >= 0.6 is 0 Å². The Morgan fingerprint density at radius 3 is 2.49 bits per heavy atom. The van der Waals surface area contributed by atoms with E-state index in [1.165, 1.54) is 0 Å². The summed E-state index contributed by atoms with van der Waals surface area (Å²) in [6, 6.07) is 20.6. The van der Waals surface area contributed by atoms with Crippen LogP contribution in [0.4, 0.5) is 20.4 Å². The number of hydrogen-bond donors (Lipinski definition) is 2. The zero-order valence-corrected chi connectivity index (χ0v) is 22.7. The summed E-state index contributed by atoms with van der Waals surface area (Å²) in [5.74, 6) is 0.531. The molecule has 0 atom stereocenters. The zero-order chi connectivity index (χ0) is 28.8. The molecule has 2 heterocycles. The van der Waals surface area contributed by atoms with E-state index in [1.807, 2.05) is 66.2 Å². The Kier molecular flexibility index (Phi) is 8.47. The molecule has 0 saturated carbocycles. The van der Waals surface area contributed by atoms with Gasteiger partial charge in [0.25, 0.3) is 11.9 Å². The van der Waals surface area contributed by atoms with Crippen LogP contribution in [0.25, 0.3) is 11.0 Å². The number of alkyl halides is 2. The molecule has 41 heavy (non-hydrogen) atoms. The molecule has 10 nitrogen and oxygen atoms in total. The molecule has 3 aromatic carbocycles. The first-order valence-electron chi connectivity index (χ1n) is 13.3. The van der Waals surface area contributed by atoms with Gasteiger partial charge in [0.15, 0.2) is 0 Å². The SMILES string of the molecule is CCCOc1ccc2c(c1)n(C)c(=Nc1ccc(CCC(F)F)cc1)n2Cc1ccc(C(=O)Nc2nn[nH]n2)cc1. The average Bonchev–Trinajstić information content (AvgIpc) is 3.58. The monoisotopic (exact) mass is 560 g/mol. The van der Waals surface area contributed by atoms with Crippen molar-refractivity contribution in [3.8, 4) is 5.75 Å². The normalized spacial score (nSPS) is 11.9. The highest BCUT2D eigenvalue weighted by atomic mass is 19.3. The van der Waals surface area contributed by atoms with Gasteiger partial charge in [0.05, 0.1) is 29.9 Å². The van der Waals surface area contributed by atoms with Crippen LogP contribution in [-0.4, -0.2) is 48.7 Å². The summed E-state index contributed by atoms with van der Waals surface area (Å²) in [6.07, 6.45) is -1.27. The van der Waals surface area contributed by atoms with Gasteiger partial charge in [-0.2, -0.15) is 5.21 Å². The molecular weight excluding hydrogens is 530 g/mol. The van der Waals surface area contributed by atoms with Crippen LogP contribution in [0.2, 0.25) is 0 Å². The quantitative estimate of drug-likeness (QED) is 0.236. The average molecular weight is 561 g/mol. The van der Waals surface area contributed by atoms with Gasteiger partial charge >= 0.3 is 0 Å². The molecule has 12 heteroatoms. The van der Waals surface area contributed by atoms with Crippen LogP contribution in [0.5, 0.6) is 5.75 Å². The molecule has 212 valence electrons. The summed E-state index contributed by atoms with van der Waals surface area (Å²) in [4.78, 5) is 17.5. The third-order valence-electron chi connectivity index (χ3n) is 6.56. The van der Waals surface area contributed by atoms with Crippen molar-refractivity contribution in [2.24, 2.45) is 12.0 Å². The van der Waals surface area contributed by atoms with E-state index in [1.54, 1.807) is 12.1 Å². The number of aryl methyl sites for hydroxylation is 2. The molecular formula is C29H30F2N8O2. The number of aromatic amines is 1. The fraction of sp³-hybridized carbons (Fsp3) is 0.276. The molecule has 2 aromatic heterocycles. The predicted octanol–water partition coefficient (Wildman–Crippen LogP) is 5.01. The third-order valence-corrected chi connectivity index (χ3v) is 6.56. The molecule has 2 N–H and O–H groups in total. The van der Waals surface area contributed by atoms with Crippen LogP contribution in [0, 0.1) is 0 Å². The molecule has 1 amide bonds. The standard InChI is InChI=1S/C29H30F2N8O2/c1-3-16-41-23-13-14-24-25(17-23)38(2)29(32-22-11-6-19(7-12-22)8-15-26(30)31)39(24)18-20-4-9-21(10-5-20)27(40)33-28-34-36-37-35-28/h4-7,9-14,17,26H,3,8,15-16,18H2,1-2H3,(H2,33,34,35,36,37,40). The van der Waals surface area contributed by atoms with Crippen LogP contribution in [0.1, 0.15) is 41.3 Å². The lowest BCUT2D eigenvalue weighted by atomic mass is 10.1. The molecule has 5 rings (SSSR count). The number of benzene rings is 3. The lowest BCUT2D eigenvalue weighted by Gasteiger charge is -2.08. The largest absolute Gasteiger partial charge is 0.494 e. The van der Waals surface area contributed by atoms with E-state index in [-0.39, 0.29) is 18.3 Å². The number of hydrogen-bond acceptors (Lipinski definition) is 6. The van der Waals surface area contributed by atoms with Crippen molar-refractivity contribution in [2.45, 2.75) is 39.2 Å². The van der Waals surface area contributed by atoms with E-state index in [2.05, 4.69) is 37.4 Å². The molecule has 0 fully saturated rings. The molecule has 0 unspecified atom stereocenters. The van der Waals surface area contributed by atoms with E-state index in [0.29, 0.717) is 36.4 Å². The van der Waals surface area contributed by atoms with Gasteiger partial charge in [-0.25, -0.2) is 13.8 Å². The number of nitrogens with zero attached hydrogens (tertiary/aromatic N) is 6. The minimum atomic E-state index is -2.32. The lowest BCUT2D eigenvalue weighted by Crippen LogP contribution is -2.24. The van der Waals surface area contributed by atoms with E-state index in [9.17, 15) is 13.6 Å². The molecule has 0 spiro atoms. The summed E-state index contributed by atoms with van der Waals surface area (Å²) in [5, 5.41) is 15.8. The van der Waals surface area contributed by atoms with Gasteiger partial charge in [-0.15, -0.1) is 5.10 Å². The number of aromatic nitrogens is 6. The fourth-order valence-corrected chi connectivity index (χ4v) is 4.46. The van der Waals surface area contributed by atoms with Crippen molar-refractivity contribution < 1.29 is 18.3 Å². The molecule has 0 aliphatic carbocycles. The number of amides is 1. The number of tetrazole rings is 1. The summed E-state index contributed by atoms with van der Waals surface area (Å²) in [7, 11) is 1.95.